The van der Waals surface area contributed by atoms with Gasteiger partial charge in [-0.05, 0) is 39.3 Å². The highest BCUT2D eigenvalue weighted by atomic mass is 127. The molecule has 1 heterocycles. The van der Waals surface area contributed by atoms with Gasteiger partial charge in [0.1, 0.15) is 22.9 Å². The number of hydrogen-bond donors (Lipinski definition) is 3. The number of rotatable bonds is 5. The number of hydrogen-bond acceptors (Lipinski definition) is 4. The summed E-state index contributed by atoms with van der Waals surface area (Å²) >= 11 is 0. The second kappa shape index (κ2) is 11.4. The number of nitrogens with zero attached hydrogens (tertiary/aromatic N) is 2. The van der Waals surface area contributed by atoms with Crippen LogP contribution in [0.2, 0.25) is 0 Å². The van der Waals surface area contributed by atoms with E-state index in [1.165, 1.54) is 18.2 Å². The number of halogens is 3. The molecule has 1 unspecified atom stereocenters. The highest BCUT2D eigenvalue weighted by Gasteiger charge is 2.27. The zero-order chi connectivity index (χ0) is 20.7. The minimum Gasteiger partial charge on any atom is -0.444 e. The van der Waals surface area contributed by atoms with Crippen LogP contribution < -0.4 is 20.9 Å². The van der Waals surface area contributed by atoms with Crippen molar-refractivity contribution in [3.63, 3.8) is 0 Å². The third kappa shape index (κ3) is 8.19. The first kappa shape index (κ1) is 25.2. The maximum atomic E-state index is 13.9. The van der Waals surface area contributed by atoms with Gasteiger partial charge in [0, 0.05) is 39.3 Å². The Balaban J connectivity index is 0.00000420. The molecule has 1 fully saturated rings. The van der Waals surface area contributed by atoms with Crippen molar-refractivity contribution < 1.29 is 18.3 Å². The number of para-hydroxylation sites is 1. The molecular formula is C19H30F2IN5O2. The largest absolute Gasteiger partial charge is 0.444 e. The molecule has 1 aliphatic heterocycles. The van der Waals surface area contributed by atoms with Crippen molar-refractivity contribution in [3.05, 3.63) is 29.8 Å². The first-order chi connectivity index (χ1) is 13.2. The summed E-state index contributed by atoms with van der Waals surface area (Å²) in [5.74, 6) is -0.556. The predicted octanol–water partition coefficient (Wildman–Crippen LogP) is 2.85. The zero-order valence-corrected chi connectivity index (χ0v) is 19.6. The summed E-state index contributed by atoms with van der Waals surface area (Å²) in [6, 6.07) is 3.88. The molecule has 29 heavy (non-hydrogen) atoms. The van der Waals surface area contributed by atoms with E-state index in [0.717, 1.165) is 6.42 Å². The van der Waals surface area contributed by atoms with E-state index in [-0.39, 0.29) is 35.7 Å². The van der Waals surface area contributed by atoms with E-state index >= 15 is 0 Å². The normalized spacial score (nSPS) is 16.8. The van der Waals surface area contributed by atoms with Crippen molar-refractivity contribution >= 4 is 41.7 Å². The van der Waals surface area contributed by atoms with Gasteiger partial charge in [0.05, 0.1) is 0 Å². The number of aliphatic imine (C=N–C) groups is 1. The highest BCUT2D eigenvalue weighted by molar-refractivity contribution is 14.0. The first-order valence-electron chi connectivity index (χ1n) is 9.32. The molecule has 0 aromatic heterocycles. The number of carbonyl (C=O) groups is 1. The van der Waals surface area contributed by atoms with Gasteiger partial charge in [0.15, 0.2) is 5.96 Å². The monoisotopic (exact) mass is 525 g/mol. The van der Waals surface area contributed by atoms with Gasteiger partial charge in [-0.15, -0.1) is 24.0 Å². The van der Waals surface area contributed by atoms with Crippen LogP contribution in [-0.4, -0.2) is 56.9 Å². The molecule has 2 rings (SSSR count). The third-order valence-corrected chi connectivity index (χ3v) is 4.09. The van der Waals surface area contributed by atoms with Crippen LogP contribution in [0.3, 0.4) is 0 Å². The first-order valence-corrected chi connectivity index (χ1v) is 9.32. The van der Waals surface area contributed by atoms with Gasteiger partial charge >= 0.3 is 6.09 Å². The van der Waals surface area contributed by atoms with Crippen LogP contribution >= 0.6 is 24.0 Å². The topological polar surface area (TPSA) is 78.0 Å². The van der Waals surface area contributed by atoms with E-state index in [9.17, 15) is 13.6 Å². The Bertz CT molecular complexity index is 692. The fourth-order valence-corrected chi connectivity index (χ4v) is 2.92. The molecule has 0 bridgehead atoms. The van der Waals surface area contributed by atoms with Gasteiger partial charge in [-0.2, -0.15) is 0 Å². The Hall–Kier alpha value is -1.85. The number of amides is 1. The van der Waals surface area contributed by atoms with Gasteiger partial charge in [-0.3, -0.25) is 4.99 Å². The number of carbonyl (C=O) groups excluding carboxylic acids is 1. The molecule has 10 heteroatoms. The quantitative estimate of drug-likeness (QED) is 0.239. The lowest BCUT2D eigenvalue weighted by Gasteiger charge is -2.21. The van der Waals surface area contributed by atoms with E-state index in [0.29, 0.717) is 32.1 Å². The van der Waals surface area contributed by atoms with Crippen LogP contribution in [0.25, 0.3) is 0 Å². The van der Waals surface area contributed by atoms with Crippen molar-refractivity contribution in [2.75, 3.05) is 38.1 Å². The van der Waals surface area contributed by atoms with Gasteiger partial charge in [-0.25, -0.2) is 13.6 Å². The van der Waals surface area contributed by atoms with Crippen molar-refractivity contribution in [1.29, 1.82) is 0 Å². The Kier molecular flexibility index (Phi) is 9.87. The highest BCUT2D eigenvalue weighted by Crippen LogP contribution is 2.26. The Morgan fingerprint density at radius 3 is 2.45 bits per heavy atom. The van der Waals surface area contributed by atoms with Crippen LogP contribution in [0.15, 0.2) is 23.2 Å². The summed E-state index contributed by atoms with van der Waals surface area (Å²) in [6.45, 7) is 7.24. The fraction of sp³-hybridized carbons (Fsp3) is 0.579. The summed E-state index contributed by atoms with van der Waals surface area (Å²) < 4.78 is 33.1. The molecule has 1 saturated heterocycles. The van der Waals surface area contributed by atoms with E-state index in [1.54, 1.807) is 32.7 Å². The third-order valence-electron chi connectivity index (χ3n) is 4.09. The van der Waals surface area contributed by atoms with Crippen molar-refractivity contribution in [1.82, 2.24) is 16.0 Å². The molecule has 0 aliphatic carbocycles. The molecule has 164 valence electrons. The van der Waals surface area contributed by atoms with Crippen LogP contribution in [0.5, 0.6) is 0 Å². The number of alkyl carbamates (subject to hydrolysis) is 1. The number of benzene rings is 1. The number of ether oxygens (including phenoxy) is 1. The second-order valence-electron chi connectivity index (χ2n) is 7.57. The van der Waals surface area contributed by atoms with Crippen molar-refractivity contribution in [2.45, 2.75) is 38.8 Å². The maximum absolute atomic E-state index is 13.9. The van der Waals surface area contributed by atoms with Crippen LogP contribution in [-0.2, 0) is 4.74 Å². The molecule has 1 aromatic rings. The lowest BCUT2D eigenvalue weighted by molar-refractivity contribution is 0.0529. The molecule has 1 aromatic carbocycles. The van der Waals surface area contributed by atoms with E-state index in [1.807, 2.05) is 0 Å². The summed E-state index contributed by atoms with van der Waals surface area (Å²) in [4.78, 5) is 17.4. The molecular weight excluding hydrogens is 495 g/mol. The lowest BCUT2D eigenvalue weighted by Crippen LogP contribution is -2.47. The fourth-order valence-electron chi connectivity index (χ4n) is 2.92. The van der Waals surface area contributed by atoms with Gasteiger partial charge in [0.25, 0.3) is 0 Å². The molecule has 0 spiro atoms. The molecule has 7 nitrogen and oxygen atoms in total. The Morgan fingerprint density at radius 2 is 1.86 bits per heavy atom. The summed E-state index contributed by atoms with van der Waals surface area (Å²) in [5, 5.41) is 8.99. The second-order valence-corrected chi connectivity index (χ2v) is 7.57. The van der Waals surface area contributed by atoms with Crippen molar-refractivity contribution in [3.8, 4) is 0 Å². The molecule has 0 saturated carbocycles. The minimum absolute atomic E-state index is 0. The Morgan fingerprint density at radius 1 is 1.24 bits per heavy atom. The molecule has 3 N–H and O–H groups in total. The predicted molar refractivity (Wildman–Crippen MR) is 121 cm³/mol. The van der Waals surface area contributed by atoms with E-state index < -0.39 is 23.3 Å². The minimum atomic E-state index is -0.559. The molecule has 1 atom stereocenters. The van der Waals surface area contributed by atoms with Crippen LogP contribution in [0.4, 0.5) is 19.3 Å². The van der Waals surface area contributed by atoms with Crippen LogP contribution in [0.1, 0.15) is 27.2 Å². The van der Waals surface area contributed by atoms with Gasteiger partial charge in [0.2, 0.25) is 0 Å². The van der Waals surface area contributed by atoms with Gasteiger partial charge in [-0.1, -0.05) is 6.07 Å². The molecule has 1 aliphatic rings. The van der Waals surface area contributed by atoms with Gasteiger partial charge < -0.3 is 25.6 Å². The molecule has 1 amide bonds. The summed E-state index contributed by atoms with van der Waals surface area (Å²) in [7, 11) is 1.64. The maximum Gasteiger partial charge on any atom is 0.407 e. The van der Waals surface area contributed by atoms with Crippen molar-refractivity contribution in [2.24, 2.45) is 4.99 Å². The average molecular weight is 525 g/mol. The number of nitrogens with one attached hydrogen (secondary N) is 3. The lowest BCUT2D eigenvalue weighted by atomic mass is 10.2. The SMILES string of the molecule is CN=C(NCCNC(=O)OC(C)(C)C)NC1CCN(c2c(F)cccc2F)C1.I. The zero-order valence-electron chi connectivity index (χ0n) is 17.2. The number of guanidine groups is 1. The average Bonchev–Trinajstić information content (AvgIpc) is 3.04. The summed E-state index contributed by atoms with van der Waals surface area (Å²) in [6.07, 6.45) is 0.251. The summed E-state index contributed by atoms with van der Waals surface area (Å²) in [5.41, 5.74) is -0.530. The van der Waals surface area contributed by atoms with Crippen LogP contribution in [0, 0.1) is 11.6 Å². The Labute approximate surface area is 187 Å². The molecule has 0 radical (unpaired) electrons. The van der Waals surface area contributed by atoms with E-state index in [2.05, 4.69) is 20.9 Å². The standard InChI is InChI=1S/C19H29F2N5O2.HI/c1-19(2,3)28-18(27)24-10-9-23-17(22-4)25-13-8-11-26(12-13)16-14(20)6-5-7-15(16)21;/h5-7,13H,8-12H2,1-4H3,(H,24,27)(H2,22,23,25);1H. The number of anilines is 1. The smallest absolute Gasteiger partial charge is 0.407 e. The van der Waals surface area contributed by atoms with E-state index in [4.69, 9.17) is 4.74 Å².